The molecule has 298 valence electrons. The van der Waals surface area contributed by atoms with Crippen molar-refractivity contribution in [1.29, 1.82) is 0 Å². The van der Waals surface area contributed by atoms with Crippen molar-refractivity contribution in [1.82, 2.24) is 4.57 Å². The van der Waals surface area contributed by atoms with E-state index in [-0.39, 0.29) is 0 Å². The highest BCUT2D eigenvalue weighted by molar-refractivity contribution is 7.25. The third kappa shape index (κ3) is 4.96. The Kier molecular flexibility index (Phi) is 7.51. The smallest absolute Gasteiger partial charge is 0.137 e. The molecule has 3 heterocycles. The van der Waals surface area contributed by atoms with Gasteiger partial charge in [-0.05, 0) is 116 Å². The van der Waals surface area contributed by atoms with Crippen LogP contribution in [0.3, 0.4) is 0 Å². The van der Waals surface area contributed by atoms with Crippen molar-refractivity contribution in [2.24, 2.45) is 0 Å². The first-order valence-corrected chi connectivity index (χ1v) is 22.8. The van der Waals surface area contributed by atoms with Crippen molar-refractivity contribution in [2.75, 3.05) is 0 Å². The molecule has 64 heavy (non-hydrogen) atoms. The Balaban J connectivity index is 0.916. The Labute approximate surface area is 373 Å². The molecule has 0 atom stereocenters. The molecule has 0 spiro atoms. The molecule has 1 aliphatic rings. The lowest BCUT2D eigenvalue weighted by molar-refractivity contribution is 0.669. The first-order valence-electron chi connectivity index (χ1n) is 22.0. The van der Waals surface area contributed by atoms with Crippen molar-refractivity contribution in [3.63, 3.8) is 0 Å². The van der Waals surface area contributed by atoms with Gasteiger partial charge in [-0.15, -0.1) is 11.3 Å². The summed E-state index contributed by atoms with van der Waals surface area (Å²) in [4.78, 5) is 0. The maximum Gasteiger partial charge on any atom is 0.137 e. The second-order valence-corrected chi connectivity index (χ2v) is 18.2. The van der Waals surface area contributed by atoms with Gasteiger partial charge in [-0.2, -0.15) is 0 Å². The van der Waals surface area contributed by atoms with Crippen molar-refractivity contribution >= 4 is 75.3 Å². The van der Waals surface area contributed by atoms with Crippen LogP contribution < -0.4 is 0 Å². The van der Waals surface area contributed by atoms with Gasteiger partial charge in [0.05, 0.1) is 27.5 Å². The second-order valence-electron chi connectivity index (χ2n) is 17.1. The van der Waals surface area contributed by atoms with E-state index in [1.165, 1.54) is 86.5 Å². The fourth-order valence-corrected chi connectivity index (χ4v) is 12.3. The zero-order valence-electron chi connectivity index (χ0n) is 34.6. The van der Waals surface area contributed by atoms with Gasteiger partial charge in [-0.1, -0.05) is 164 Å². The van der Waals surface area contributed by atoms with Gasteiger partial charge in [0.15, 0.2) is 0 Å². The fourth-order valence-electron chi connectivity index (χ4n) is 11.1. The average molecular weight is 832 g/mol. The molecule has 0 fully saturated rings. The molecule has 0 amide bonds. The topological polar surface area (TPSA) is 18.1 Å². The van der Waals surface area contributed by atoms with E-state index in [9.17, 15) is 0 Å². The van der Waals surface area contributed by atoms with Crippen molar-refractivity contribution in [2.45, 2.75) is 5.41 Å². The van der Waals surface area contributed by atoms with Crippen LogP contribution in [-0.2, 0) is 5.41 Å². The molecule has 0 N–H and O–H groups in total. The lowest BCUT2D eigenvalue weighted by Gasteiger charge is -2.34. The number of nitrogens with zero attached hydrogens (tertiary/aromatic N) is 1. The number of fused-ring (bicyclic) bond motifs is 12. The number of benzene rings is 10. The highest BCUT2D eigenvalue weighted by Crippen LogP contribution is 2.57. The Morgan fingerprint density at radius 1 is 0.359 bits per heavy atom. The van der Waals surface area contributed by atoms with E-state index in [4.69, 9.17) is 4.42 Å². The molecule has 3 aromatic heterocycles. The molecule has 14 rings (SSSR count). The minimum Gasteiger partial charge on any atom is -0.456 e. The number of para-hydroxylation sites is 1. The van der Waals surface area contributed by atoms with Gasteiger partial charge in [-0.3, -0.25) is 0 Å². The predicted molar refractivity (Wildman–Crippen MR) is 269 cm³/mol. The summed E-state index contributed by atoms with van der Waals surface area (Å²) in [6.07, 6.45) is 0. The Bertz CT molecular complexity index is 3980. The van der Waals surface area contributed by atoms with E-state index in [0.29, 0.717) is 0 Å². The van der Waals surface area contributed by atoms with E-state index in [1.807, 2.05) is 11.3 Å². The van der Waals surface area contributed by atoms with Crippen LogP contribution in [-0.4, -0.2) is 4.57 Å². The molecule has 0 radical (unpaired) electrons. The number of furan rings is 1. The van der Waals surface area contributed by atoms with E-state index in [1.54, 1.807) is 0 Å². The second kappa shape index (κ2) is 13.5. The first kappa shape index (κ1) is 35.6. The minimum atomic E-state index is -0.460. The molecule has 0 aliphatic heterocycles. The normalized spacial score (nSPS) is 13.1. The molecule has 0 saturated carbocycles. The molecular formula is C61H37NOS. The molecule has 13 aromatic rings. The Hall–Kier alpha value is -7.98. The van der Waals surface area contributed by atoms with Gasteiger partial charge >= 0.3 is 0 Å². The highest BCUT2D eigenvalue weighted by Gasteiger charge is 2.46. The quantitative estimate of drug-likeness (QED) is 0.169. The zero-order valence-corrected chi connectivity index (χ0v) is 35.4. The molecule has 10 aromatic carbocycles. The third-order valence-corrected chi connectivity index (χ3v) is 15.0. The first-order chi connectivity index (χ1) is 31.7. The summed E-state index contributed by atoms with van der Waals surface area (Å²) in [6.45, 7) is 0. The molecule has 0 saturated heterocycles. The van der Waals surface area contributed by atoms with Crippen LogP contribution >= 0.6 is 11.3 Å². The Morgan fingerprint density at radius 3 is 1.81 bits per heavy atom. The third-order valence-electron chi connectivity index (χ3n) is 13.9. The number of hydrogen-bond donors (Lipinski definition) is 0. The minimum absolute atomic E-state index is 0.460. The SMILES string of the molecule is c1ccc(C2(c3ccccc3)c3ccccc3-c3ccc(-c4ccc5c(c4)oc4cccc(-n6c7ccccc7c7cc(-c8ccc9c(c8)sc8ccccc89)ccc76)c45)cc32)cc1. The van der Waals surface area contributed by atoms with Gasteiger partial charge in [0.2, 0.25) is 0 Å². The van der Waals surface area contributed by atoms with E-state index in [0.717, 1.165) is 38.8 Å². The van der Waals surface area contributed by atoms with Gasteiger partial charge in [-0.25, -0.2) is 0 Å². The zero-order chi connectivity index (χ0) is 41.9. The van der Waals surface area contributed by atoms with Crippen LogP contribution in [0, 0.1) is 0 Å². The standard InChI is InChI=1S/C61H37NOS/c1-3-14-42(15-4-1)61(43-16-5-2-6-17-43)51-21-10-7-18-44(51)45-30-26-39(35-52(45)61)40-28-32-49-57(36-40)63-56-24-13-23-55(60(49)56)62-53-22-11-8-19-46(53)50-34-38(29-33-54(50)62)41-27-31-48-47-20-9-12-25-58(47)64-59(48)37-41/h1-37H. The van der Waals surface area contributed by atoms with Crippen LogP contribution in [0.2, 0.25) is 0 Å². The summed E-state index contributed by atoms with van der Waals surface area (Å²) < 4.78 is 11.9. The van der Waals surface area contributed by atoms with Gasteiger partial charge in [0.25, 0.3) is 0 Å². The van der Waals surface area contributed by atoms with Gasteiger partial charge in [0.1, 0.15) is 11.2 Å². The van der Waals surface area contributed by atoms with E-state index in [2.05, 4.69) is 229 Å². The number of thiophene rings is 1. The van der Waals surface area contributed by atoms with Crippen LogP contribution in [0.25, 0.3) is 103 Å². The molecule has 0 unspecified atom stereocenters. The monoisotopic (exact) mass is 831 g/mol. The van der Waals surface area contributed by atoms with Crippen molar-refractivity contribution in [3.05, 3.63) is 247 Å². The molecule has 3 heteroatoms. The van der Waals surface area contributed by atoms with E-state index >= 15 is 0 Å². The van der Waals surface area contributed by atoms with Crippen LogP contribution in [0.1, 0.15) is 22.3 Å². The van der Waals surface area contributed by atoms with E-state index < -0.39 is 5.41 Å². The largest absolute Gasteiger partial charge is 0.456 e. The number of rotatable bonds is 5. The average Bonchev–Trinajstić information content (AvgIpc) is 4.10. The molecule has 1 aliphatic carbocycles. The molecular weight excluding hydrogens is 795 g/mol. The number of aromatic nitrogens is 1. The summed E-state index contributed by atoms with van der Waals surface area (Å²) in [6, 6.07) is 82.6. The summed E-state index contributed by atoms with van der Waals surface area (Å²) >= 11 is 1.87. The maximum absolute atomic E-state index is 6.82. The summed E-state index contributed by atoms with van der Waals surface area (Å²) in [5, 5.41) is 7.33. The van der Waals surface area contributed by atoms with Crippen LogP contribution in [0.15, 0.2) is 229 Å². The van der Waals surface area contributed by atoms with Crippen LogP contribution in [0.4, 0.5) is 0 Å². The summed E-state index contributed by atoms with van der Waals surface area (Å²) in [5.74, 6) is 0. The summed E-state index contributed by atoms with van der Waals surface area (Å²) in [5.41, 5.74) is 17.2. The van der Waals surface area contributed by atoms with Gasteiger partial charge < -0.3 is 8.98 Å². The van der Waals surface area contributed by atoms with Crippen molar-refractivity contribution in [3.8, 4) is 39.1 Å². The maximum atomic E-state index is 6.82. The van der Waals surface area contributed by atoms with Crippen molar-refractivity contribution < 1.29 is 4.42 Å². The Morgan fingerprint density at radius 2 is 0.969 bits per heavy atom. The predicted octanol–water partition coefficient (Wildman–Crippen LogP) is 16.7. The lowest BCUT2D eigenvalue weighted by atomic mass is 9.67. The summed E-state index contributed by atoms with van der Waals surface area (Å²) in [7, 11) is 0. The van der Waals surface area contributed by atoms with Crippen LogP contribution in [0.5, 0.6) is 0 Å². The lowest BCUT2D eigenvalue weighted by Crippen LogP contribution is -2.28. The molecule has 0 bridgehead atoms. The molecule has 2 nitrogen and oxygen atoms in total. The number of hydrogen-bond acceptors (Lipinski definition) is 2. The van der Waals surface area contributed by atoms with Gasteiger partial charge in [0, 0.05) is 36.3 Å². The fraction of sp³-hybridized carbons (Fsp3) is 0.0164. The highest BCUT2D eigenvalue weighted by atomic mass is 32.1.